The van der Waals surface area contributed by atoms with E-state index in [1.807, 2.05) is 0 Å². The first-order valence-corrected chi connectivity index (χ1v) is 11.6. The molecule has 0 unspecified atom stereocenters. The molecular formula is C20H37IN6O3S. The standard InChI is InChI=1S/C20H36N6O3S.HI/c1-15(2)26(16(3)4)12-11-22-20(24-14-19(27)25(5)6)23-13-17-7-9-18(10-8-17)30(21,28)29;/h7-10,15-16H,11-14H2,1-6H3,(H2,21,28,29)(H2,22,23,24);1H. The summed E-state index contributed by atoms with van der Waals surface area (Å²) in [4.78, 5) is 20.4. The second-order valence-electron chi connectivity index (χ2n) is 7.85. The van der Waals surface area contributed by atoms with Crippen molar-refractivity contribution < 1.29 is 13.2 Å². The van der Waals surface area contributed by atoms with Crippen LogP contribution in [0.2, 0.25) is 0 Å². The molecule has 0 aliphatic heterocycles. The van der Waals surface area contributed by atoms with Crippen LogP contribution in [0.1, 0.15) is 33.3 Å². The average Bonchev–Trinajstić information content (AvgIpc) is 2.65. The molecular weight excluding hydrogens is 531 g/mol. The molecule has 0 atom stereocenters. The van der Waals surface area contributed by atoms with Crippen LogP contribution >= 0.6 is 24.0 Å². The van der Waals surface area contributed by atoms with Crippen LogP contribution in [0.4, 0.5) is 0 Å². The summed E-state index contributed by atoms with van der Waals surface area (Å²) in [5.74, 6) is 0.459. The normalized spacial score (nSPS) is 12.1. The molecule has 0 radical (unpaired) electrons. The molecule has 0 saturated carbocycles. The zero-order chi connectivity index (χ0) is 22.9. The Morgan fingerprint density at radius 3 is 2.06 bits per heavy atom. The van der Waals surface area contributed by atoms with Crippen molar-refractivity contribution in [2.24, 2.45) is 10.1 Å². The number of aliphatic imine (C=N–C) groups is 1. The van der Waals surface area contributed by atoms with E-state index in [0.717, 1.165) is 12.1 Å². The third-order valence-electron chi connectivity index (χ3n) is 4.57. The number of guanidine groups is 1. The van der Waals surface area contributed by atoms with Crippen LogP contribution in [0.15, 0.2) is 34.2 Å². The van der Waals surface area contributed by atoms with Crippen LogP contribution < -0.4 is 15.8 Å². The molecule has 0 fully saturated rings. The van der Waals surface area contributed by atoms with Gasteiger partial charge in [0.15, 0.2) is 5.96 Å². The summed E-state index contributed by atoms with van der Waals surface area (Å²) in [6.45, 7) is 10.6. The van der Waals surface area contributed by atoms with Gasteiger partial charge < -0.3 is 15.5 Å². The number of hydrogen-bond donors (Lipinski definition) is 3. The number of halogens is 1. The molecule has 0 spiro atoms. The van der Waals surface area contributed by atoms with Gasteiger partial charge in [0.1, 0.15) is 0 Å². The Balaban J connectivity index is 0.00000900. The number of amides is 1. The lowest BCUT2D eigenvalue weighted by molar-refractivity contribution is -0.127. The molecule has 1 rings (SSSR count). The van der Waals surface area contributed by atoms with Gasteiger partial charge in [-0.2, -0.15) is 0 Å². The van der Waals surface area contributed by atoms with Gasteiger partial charge in [0.05, 0.1) is 18.0 Å². The van der Waals surface area contributed by atoms with E-state index in [9.17, 15) is 13.2 Å². The Morgan fingerprint density at radius 2 is 1.61 bits per heavy atom. The van der Waals surface area contributed by atoms with E-state index >= 15 is 0 Å². The molecule has 11 heteroatoms. The minimum atomic E-state index is -3.72. The Labute approximate surface area is 203 Å². The van der Waals surface area contributed by atoms with E-state index in [-0.39, 0.29) is 41.3 Å². The predicted octanol–water partition coefficient (Wildman–Crippen LogP) is 1.19. The second kappa shape index (κ2) is 13.9. The lowest BCUT2D eigenvalue weighted by atomic mass is 10.2. The number of nitrogens with two attached hydrogens (primary N) is 1. The third kappa shape index (κ3) is 11.1. The van der Waals surface area contributed by atoms with Gasteiger partial charge in [-0.1, -0.05) is 12.1 Å². The van der Waals surface area contributed by atoms with Gasteiger partial charge in [-0.3, -0.25) is 9.69 Å². The molecule has 0 aromatic heterocycles. The summed E-state index contributed by atoms with van der Waals surface area (Å²) in [5.41, 5.74) is 0.827. The minimum absolute atomic E-state index is 0. The topological polar surface area (TPSA) is 120 Å². The highest BCUT2D eigenvalue weighted by atomic mass is 127. The van der Waals surface area contributed by atoms with Crippen molar-refractivity contribution in [3.63, 3.8) is 0 Å². The number of carbonyl (C=O) groups is 1. The Morgan fingerprint density at radius 1 is 1.06 bits per heavy atom. The number of sulfonamides is 1. The summed E-state index contributed by atoms with van der Waals surface area (Å²) in [7, 11) is -0.321. The molecule has 178 valence electrons. The number of hydrogen-bond acceptors (Lipinski definition) is 5. The van der Waals surface area contributed by atoms with Gasteiger partial charge in [0, 0.05) is 39.3 Å². The minimum Gasteiger partial charge on any atom is -0.355 e. The van der Waals surface area contributed by atoms with Crippen LogP contribution in [0.5, 0.6) is 0 Å². The second-order valence-corrected chi connectivity index (χ2v) is 9.41. The van der Waals surface area contributed by atoms with E-state index in [2.05, 4.69) is 48.2 Å². The van der Waals surface area contributed by atoms with Gasteiger partial charge in [0.2, 0.25) is 15.9 Å². The number of primary sulfonamides is 1. The fourth-order valence-corrected chi connectivity index (χ4v) is 3.38. The largest absolute Gasteiger partial charge is 0.355 e. The molecule has 0 aliphatic carbocycles. The van der Waals surface area contributed by atoms with Crippen molar-refractivity contribution in [2.45, 2.75) is 51.2 Å². The maximum absolute atomic E-state index is 11.9. The maximum atomic E-state index is 11.9. The number of likely N-dealkylation sites (N-methyl/N-ethyl adjacent to an activating group) is 1. The third-order valence-corrected chi connectivity index (χ3v) is 5.50. The first kappa shape index (κ1) is 29.6. The number of carbonyl (C=O) groups excluding carboxylic acids is 1. The number of benzene rings is 1. The zero-order valence-electron chi connectivity index (χ0n) is 19.3. The summed E-state index contributed by atoms with van der Waals surface area (Å²) in [6, 6.07) is 7.11. The van der Waals surface area contributed by atoms with Crippen LogP contribution in [0.25, 0.3) is 0 Å². The molecule has 1 aromatic rings. The fraction of sp³-hybridized carbons (Fsp3) is 0.600. The monoisotopic (exact) mass is 568 g/mol. The van der Waals surface area contributed by atoms with Crippen molar-refractivity contribution in [2.75, 3.05) is 33.7 Å². The highest BCUT2D eigenvalue weighted by Gasteiger charge is 2.13. The summed E-state index contributed by atoms with van der Waals surface area (Å²) in [5, 5.41) is 11.5. The van der Waals surface area contributed by atoms with Crippen molar-refractivity contribution in [1.29, 1.82) is 0 Å². The molecule has 4 N–H and O–H groups in total. The van der Waals surface area contributed by atoms with Crippen molar-refractivity contribution >= 4 is 45.9 Å². The van der Waals surface area contributed by atoms with Gasteiger partial charge in [-0.15, -0.1) is 24.0 Å². The fourth-order valence-electron chi connectivity index (χ4n) is 2.86. The number of rotatable bonds is 10. The predicted molar refractivity (Wildman–Crippen MR) is 136 cm³/mol. The van der Waals surface area contributed by atoms with E-state index in [4.69, 9.17) is 5.14 Å². The quantitative estimate of drug-likeness (QED) is 0.222. The van der Waals surface area contributed by atoms with Crippen LogP contribution in [0, 0.1) is 0 Å². The van der Waals surface area contributed by atoms with Gasteiger partial charge in [-0.05, 0) is 45.4 Å². The van der Waals surface area contributed by atoms with Gasteiger partial charge >= 0.3 is 0 Å². The van der Waals surface area contributed by atoms with Crippen molar-refractivity contribution in [3.05, 3.63) is 29.8 Å². The molecule has 0 bridgehead atoms. The van der Waals surface area contributed by atoms with E-state index in [1.165, 1.54) is 17.0 Å². The highest BCUT2D eigenvalue weighted by molar-refractivity contribution is 14.0. The average molecular weight is 569 g/mol. The smallest absolute Gasteiger partial charge is 0.241 e. The molecule has 0 saturated heterocycles. The highest BCUT2D eigenvalue weighted by Crippen LogP contribution is 2.09. The van der Waals surface area contributed by atoms with Crippen LogP contribution in [0.3, 0.4) is 0 Å². The Kier molecular flexibility index (Phi) is 13.2. The SMILES string of the molecule is CC(C)N(CCNC(=NCc1ccc(S(N)(=O)=O)cc1)NCC(=O)N(C)C)C(C)C.I. The molecule has 9 nitrogen and oxygen atoms in total. The first-order valence-electron chi connectivity index (χ1n) is 10.0. The molecule has 31 heavy (non-hydrogen) atoms. The Bertz CT molecular complexity index is 803. The lowest BCUT2D eigenvalue weighted by Gasteiger charge is -2.30. The molecule has 0 aliphatic rings. The van der Waals surface area contributed by atoms with Crippen LogP contribution in [-0.2, 0) is 21.4 Å². The van der Waals surface area contributed by atoms with Gasteiger partial charge in [0.25, 0.3) is 0 Å². The number of nitrogens with one attached hydrogen (secondary N) is 2. The van der Waals surface area contributed by atoms with Crippen molar-refractivity contribution in [3.8, 4) is 0 Å². The molecule has 1 aromatic carbocycles. The van der Waals surface area contributed by atoms with Crippen molar-refractivity contribution in [1.82, 2.24) is 20.4 Å². The lowest BCUT2D eigenvalue weighted by Crippen LogP contribution is -2.47. The zero-order valence-corrected chi connectivity index (χ0v) is 22.4. The molecule has 0 heterocycles. The Hall–Kier alpha value is -1.44. The molecule has 1 amide bonds. The summed E-state index contributed by atoms with van der Waals surface area (Å²) >= 11 is 0. The van der Waals surface area contributed by atoms with Gasteiger partial charge in [-0.25, -0.2) is 18.5 Å². The first-order chi connectivity index (χ1) is 13.9. The maximum Gasteiger partial charge on any atom is 0.241 e. The summed E-state index contributed by atoms with van der Waals surface area (Å²) in [6.07, 6.45) is 0. The van der Waals surface area contributed by atoms with E-state index in [0.29, 0.717) is 31.1 Å². The number of nitrogens with zero attached hydrogens (tertiary/aromatic N) is 3. The van der Waals surface area contributed by atoms with E-state index < -0.39 is 10.0 Å². The van der Waals surface area contributed by atoms with Crippen LogP contribution in [-0.4, -0.2) is 75.9 Å². The summed E-state index contributed by atoms with van der Waals surface area (Å²) < 4.78 is 22.7. The van der Waals surface area contributed by atoms with E-state index in [1.54, 1.807) is 26.2 Å².